The molecule has 40 heavy (non-hydrogen) atoms. The van der Waals surface area contributed by atoms with E-state index in [4.69, 9.17) is 9.47 Å². The van der Waals surface area contributed by atoms with Crippen molar-refractivity contribution >= 4 is 61.6 Å². The molecular weight excluding hydrogens is 650 g/mol. The molecule has 0 atom stereocenters. The van der Waals surface area contributed by atoms with Gasteiger partial charge in [-0.25, -0.2) is 15.0 Å². The summed E-state index contributed by atoms with van der Waals surface area (Å²) in [5, 5.41) is 14.8. The average Bonchev–Trinajstić information content (AvgIpc) is 2.95. The van der Waals surface area contributed by atoms with Crippen LogP contribution in [-0.4, -0.2) is 29.0 Å². The van der Waals surface area contributed by atoms with Crippen LogP contribution >= 0.6 is 31.9 Å². The van der Waals surface area contributed by atoms with Crippen molar-refractivity contribution in [3.63, 3.8) is 0 Å². The molecule has 200 valence electrons. The van der Waals surface area contributed by atoms with Gasteiger partial charge < -0.3 is 9.47 Å². The molecule has 0 aromatic heterocycles. The van der Waals surface area contributed by atoms with Gasteiger partial charge in [0, 0.05) is 26.6 Å². The molecule has 0 heterocycles. The van der Waals surface area contributed by atoms with E-state index < -0.39 is 22.8 Å². The first kappa shape index (κ1) is 28.3. The third-order valence-corrected chi connectivity index (χ3v) is 6.29. The quantitative estimate of drug-likeness (QED) is 0.0763. The van der Waals surface area contributed by atoms with Gasteiger partial charge in [0.2, 0.25) is 0 Å². The summed E-state index contributed by atoms with van der Waals surface area (Å²) in [6, 6.07) is 22.6. The van der Waals surface area contributed by atoms with Gasteiger partial charge in [-0.3, -0.25) is 14.9 Å². The Morgan fingerprint density at radius 1 is 0.750 bits per heavy atom. The normalized spacial score (nSPS) is 10.7. The second-order valence-electron chi connectivity index (χ2n) is 8.01. The summed E-state index contributed by atoms with van der Waals surface area (Å²) < 4.78 is 12.6. The molecule has 0 unspecified atom stereocenters. The number of ether oxygens (including phenoxy) is 2. The molecule has 0 spiro atoms. The Kier molecular flexibility index (Phi) is 9.15. The third-order valence-electron chi connectivity index (χ3n) is 5.23. The molecule has 0 radical (unpaired) electrons. The van der Waals surface area contributed by atoms with Gasteiger partial charge in [0.1, 0.15) is 0 Å². The maximum Gasteiger partial charge on any atom is 0.343 e. The predicted molar refractivity (Wildman–Crippen MR) is 153 cm³/mol. The zero-order valence-electron chi connectivity index (χ0n) is 20.2. The molecule has 4 aromatic carbocycles. The lowest BCUT2D eigenvalue weighted by Gasteiger charge is -2.12. The van der Waals surface area contributed by atoms with Crippen LogP contribution in [0.3, 0.4) is 0 Å². The van der Waals surface area contributed by atoms with Crippen LogP contribution in [0.4, 0.5) is 5.69 Å². The Morgan fingerprint density at radius 2 is 1.32 bits per heavy atom. The Morgan fingerprint density at radius 3 is 1.90 bits per heavy atom. The van der Waals surface area contributed by atoms with Crippen LogP contribution in [0.25, 0.3) is 0 Å². The molecule has 12 heteroatoms. The first-order chi connectivity index (χ1) is 19.2. The van der Waals surface area contributed by atoms with Gasteiger partial charge in [-0.2, -0.15) is 5.10 Å². The minimum Gasteiger partial charge on any atom is -0.419 e. The van der Waals surface area contributed by atoms with Crippen molar-refractivity contribution in [3.8, 4) is 11.5 Å². The molecule has 0 saturated carbocycles. The molecule has 0 aliphatic carbocycles. The summed E-state index contributed by atoms with van der Waals surface area (Å²) >= 11 is 6.62. The maximum absolute atomic E-state index is 12.8. The second-order valence-corrected chi connectivity index (χ2v) is 9.84. The molecule has 0 fully saturated rings. The van der Waals surface area contributed by atoms with Crippen molar-refractivity contribution in [1.82, 2.24) is 5.43 Å². The number of nitrogens with one attached hydrogen (secondary N) is 1. The van der Waals surface area contributed by atoms with E-state index in [1.54, 1.807) is 48.5 Å². The Bertz CT molecular complexity index is 1620. The van der Waals surface area contributed by atoms with Gasteiger partial charge in [-0.1, -0.05) is 37.9 Å². The number of carbonyl (C=O) groups is 3. The highest BCUT2D eigenvalue weighted by atomic mass is 79.9. The van der Waals surface area contributed by atoms with E-state index in [9.17, 15) is 24.5 Å². The Balaban J connectivity index is 1.55. The molecule has 0 saturated heterocycles. The van der Waals surface area contributed by atoms with E-state index in [1.807, 2.05) is 0 Å². The molecular formula is C28H17Br2N3O7. The van der Waals surface area contributed by atoms with E-state index in [2.05, 4.69) is 42.4 Å². The maximum atomic E-state index is 12.8. The van der Waals surface area contributed by atoms with Crippen molar-refractivity contribution in [1.29, 1.82) is 0 Å². The number of amides is 1. The van der Waals surface area contributed by atoms with Gasteiger partial charge in [0.25, 0.3) is 11.6 Å². The van der Waals surface area contributed by atoms with Crippen LogP contribution in [-0.2, 0) is 0 Å². The third kappa shape index (κ3) is 7.46. The first-order valence-electron chi connectivity index (χ1n) is 11.4. The number of esters is 2. The first-order valence-corrected chi connectivity index (χ1v) is 13.0. The predicted octanol–water partition coefficient (Wildman–Crippen LogP) is 6.32. The summed E-state index contributed by atoms with van der Waals surface area (Å²) in [7, 11) is 0. The van der Waals surface area contributed by atoms with Gasteiger partial charge in [-0.05, 0) is 78.4 Å². The van der Waals surface area contributed by atoms with E-state index in [0.29, 0.717) is 5.56 Å². The number of nitrogens with zero attached hydrogens (tertiary/aromatic N) is 2. The van der Waals surface area contributed by atoms with Crippen LogP contribution in [0.5, 0.6) is 11.5 Å². The van der Waals surface area contributed by atoms with Gasteiger partial charge in [-0.15, -0.1) is 0 Å². The topological polar surface area (TPSA) is 137 Å². The largest absolute Gasteiger partial charge is 0.419 e. The molecule has 4 rings (SSSR count). The summed E-state index contributed by atoms with van der Waals surface area (Å²) in [4.78, 5) is 48.2. The number of rotatable bonds is 8. The highest BCUT2D eigenvalue weighted by Gasteiger charge is 2.17. The minimum absolute atomic E-state index is 0.0174. The fraction of sp³-hybridized carbons (Fsp3) is 0. The van der Waals surface area contributed by atoms with Gasteiger partial charge in [0.05, 0.1) is 22.3 Å². The van der Waals surface area contributed by atoms with E-state index >= 15 is 0 Å². The minimum atomic E-state index is -0.693. The monoisotopic (exact) mass is 665 g/mol. The second kappa shape index (κ2) is 12.9. The smallest absolute Gasteiger partial charge is 0.343 e. The molecule has 0 aliphatic heterocycles. The standard InChI is InChI=1S/C28H17Br2N3O7/c29-21-9-5-18(6-10-21)27(35)39-24-13-4-17(14-25(24)40-28(36)19-7-11-22(30)12-8-19)16-31-32-26(34)20-2-1-3-23(15-20)33(37)38/h1-16H,(H,32,34)/b31-16+. The van der Waals surface area contributed by atoms with Crippen molar-refractivity contribution in [2.75, 3.05) is 0 Å². The van der Waals surface area contributed by atoms with E-state index in [1.165, 1.54) is 42.6 Å². The molecule has 0 aliphatic rings. The highest BCUT2D eigenvalue weighted by Crippen LogP contribution is 2.30. The summed E-state index contributed by atoms with van der Waals surface area (Å²) in [6.07, 6.45) is 1.27. The van der Waals surface area contributed by atoms with Gasteiger partial charge >= 0.3 is 11.9 Å². The number of benzene rings is 4. The molecule has 0 bridgehead atoms. The van der Waals surface area contributed by atoms with Gasteiger partial charge in [0.15, 0.2) is 11.5 Å². The number of halogens is 2. The lowest BCUT2D eigenvalue weighted by atomic mass is 10.2. The zero-order chi connectivity index (χ0) is 28.6. The number of hydrogen-bond acceptors (Lipinski definition) is 8. The number of nitro benzene ring substituents is 1. The van der Waals surface area contributed by atoms with Crippen LogP contribution in [0, 0.1) is 10.1 Å². The fourth-order valence-electron chi connectivity index (χ4n) is 3.25. The SMILES string of the molecule is O=C(N/N=C/c1ccc(OC(=O)c2ccc(Br)cc2)c(OC(=O)c2ccc(Br)cc2)c1)c1cccc([N+](=O)[O-])c1. The van der Waals surface area contributed by atoms with Crippen molar-refractivity contribution in [3.05, 3.63) is 132 Å². The van der Waals surface area contributed by atoms with E-state index in [0.717, 1.165) is 15.0 Å². The molecule has 1 amide bonds. The Hall–Kier alpha value is -4.68. The fourth-order valence-corrected chi connectivity index (χ4v) is 3.78. The van der Waals surface area contributed by atoms with Crippen LogP contribution in [0.15, 0.2) is 105 Å². The number of hydrogen-bond donors (Lipinski definition) is 1. The van der Waals surface area contributed by atoms with Crippen molar-refractivity contribution in [2.45, 2.75) is 0 Å². The molecule has 4 aromatic rings. The van der Waals surface area contributed by atoms with E-state index in [-0.39, 0.29) is 33.9 Å². The lowest BCUT2D eigenvalue weighted by molar-refractivity contribution is -0.384. The number of nitro groups is 1. The molecule has 1 N–H and O–H groups in total. The van der Waals surface area contributed by atoms with Crippen molar-refractivity contribution < 1.29 is 28.8 Å². The lowest BCUT2D eigenvalue weighted by Crippen LogP contribution is -2.17. The average molecular weight is 667 g/mol. The summed E-state index contributed by atoms with van der Waals surface area (Å²) in [6.45, 7) is 0. The highest BCUT2D eigenvalue weighted by molar-refractivity contribution is 9.10. The van der Waals surface area contributed by atoms with Crippen LogP contribution < -0.4 is 14.9 Å². The van der Waals surface area contributed by atoms with Crippen LogP contribution in [0.1, 0.15) is 36.6 Å². The summed E-state index contributed by atoms with van der Waals surface area (Å²) in [5.41, 5.74) is 3.03. The number of non-ortho nitro benzene ring substituents is 1. The summed E-state index contributed by atoms with van der Waals surface area (Å²) in [5.74, 6) is -2.11. The molecule has 10 nitrogen and oxygen atoms in total. The number of hydrazone groups is 1. The van der Waals surface area contributed by atoms with Crippen LogP contribution in [0.2, 0.25) is 0 Å². The van der Waals surface area contributed by atoms with Crippen molar-refractivity contribution in [2.24, 2.45) is 5.10 Å². The number of carbonyl (C=O) groups excluding carboxylic acids is 3. The Labute approximate surface area is 244 Å². The zero-order valence-corrected chi connectivity index (χ0v) is 23.4.